The van der Waals surface area contributed by atoms with Gasteiger partial charge in [-0.25, -0.2) is 9.59 Å². The van der Waals surface area contributed by atoms with Gasteiger partial charge in [-0.05, 0) is 23.3 Å². The van der Waals surface area contributed by atoms with E-state index in [1.807, 2.05) is 0 Å². The number of carboxylic acid groups (broad SMARTS) is 2. The van der Waals surface area contributed by atoms with Gasteiger partial charge in [0.2, 0.25) is 0 Å². The van der Waals surface area contributed by atoms with Crippen molar-refractivity contribution in [1.29, 1.82) is 0 Å². The third-order valence-electron chi connectivity index (χ3n) is 4.15. The summed E-state index contributed by atoms with van der Waals surface area (Å²) in [6.07, 6.45) is 2.86. The second kappa shape index (κ2) is 9.83. The molecule has 0 spiro atoms. The van der Waals surface area contributed by atoms with Crippen LogP contribution >= 0.6 is 0 Å². The molecule has 154 valence electrons. The van der Waals surface area contributed by atoms with Crippen molar-refractivity contribution in [3.05, 3.63) is 84.0 Å². The van der Waals surface area contributed by atoms with Crippen molar-refractivity contribution in [3.8, 4) is 11.1 Å². The summed E-state index contributed by atoms with van der Waals surface area (Å²) >= 11 is 0. The Bertz CT molecular complexity index is 958. The fourth-order valence-corrected chi connectivity index (χ4v) is 2.91. The van der Waals surface area contributed by atoms with Gasteiger partial charge in [0.1, 0.15) is 0 Å². The Kier molecular flexibility index (Phi) is 7.24. The van der Waals surface area contributed by atoms with Crippen LogP contribution in [0.4, 0.5) is 0 Å². The first-order chi connectivity index (χ1) is 14.3. The van der Waals surface area contributed by atoms with Crippen molar-refractivity contribution in [2.75, 3.05) is 13.1 Å². The molecule has 0 aliphatic rings. The summed E-state index contributed by atoms with van der Waals surface area (Å²) < 4.78 is 0. The van der Waals surface area contributed by atoms with Crippen LogP contribution in [0, 0.1) is 0 Å². The second-order valence-electron chi connectivity index (χ2n) is 6.06. The largest absolute Gasteiger partial charge is 0.478 e. The van der Waals surface area contributed by atoms with Crippen molar-refractivity contribution in [3.63, 3.8) is 0 Å². The molecule has 0 atom stereocenters. The monoisotopic (exact) mass is 408 g/mol. The number of benzene rings is 2. The Morgan fingerprint density at radius 1 is 0.733 bits per heavy atom. The maximum atomic E-state index is 12.7. The SMILES string of the molecule is C=CCNC(=O)c1c(C(=O)O)cccc1-c1cccc(C(=O)O)c1C(=O)NCC=C. The van der Waals surface area contributed by atoms with Crippen LogP contribution in [-0.4, -0.2) is 47.1 Å². The van der Waals surface area contributed by atoms with E-state index in [0.29, 0.717) is 0 Å². The van der Waals surface area contributed by atoms with E-state index in [1.165, 1.54) is 48.6 Å². The molecule has 0 unspecified atom stereocenters. The molecule has 2 aromatic carbocycles. The quantitative estimate of drug-likeness (QED) is 0.472. The number of carbonyl (C=O) groups is 4. The van der Waals surface area contributed by atoms with Gasteiger partial charge < -0.3 is 20.8 Å². The molecule has 0 aliphatic heterocycles. The van der Waals surface area contributed by atoms with Gasteiger partial charge in [-0.3, -0.25) is 9.59 Å². The molecule has 0 aromatic heterocycles. The van der Waals surface area contributed by atoms with E-state index >= 15 is 0 Å². The lowest BCUT2D eigenvalue weighted by Crippen LogP contribution is -2.28. The van der Waals surface area contributed by atoms with Crippen molar-refractivity contribution < 1.29 is 29.4 Å². The van der Waals surface area contributed by atoms with E-state index in [1.54, 1.807) is 0 Å². The molecule has 0 heterocycles. The number of hydrogen-bond acceptors (Lipinski definition) is 4. The van der Waals surface area contributed by atoms with Gasteiger partial charge >= 0.3 is 11.9 Å². The van der Waals surface area contributed by atoms with Crippen LogP contribution in [0.2, 0.25) is 0 Å². The highest BCUT2D eigenvalue weighted by Gasteiger charge is 2.26. The standard InChI is InChI=1S/C22H20N2O6/c1-3-11-23-19(25)17-13(7-5-9-15(17)21(27)28)14-8-6-10-16(22(29)30)18(14)20(26)24-12-4-2/h3-10H,1-2,11-12H2,(H,23,25)(H,24,26)(H,27,28)(H,29,30). The predicted octanol–water partition coefficient (Wildman–Crippen LogP) is 2.58. The zero-order valence-corrected chi connectivity index (χ0v) is 16.0. The van der Waals surface area contributed by atoms with E-state index in [4.69, 9.17) is 0 Å². The fraction of sp³-hybridized carbons (Fsp3) is 0.0909. The minimum absolute atomic E-state index is 0.0913. The van der Waals surface area contributed by atoms with Gasteiger partial charge in [-0.2, -0.15) is 0 Å². The van der Waals surface area contributed by atoms with Gasteiger partial charge in [0, 0.05) is 13.1 Å². The van der Waals surface area contributed by atoms with E-state index in [-0.39, 0.29) is 46.5 Å². The molecule has 0 saturated carbocycles. The van der Waals surface area contributed by atoms with Crippen LogP contribution in [0.3, 0.4) is 0 Å². The molecule has 2 aromatic rings. The van der Waals surface area contributed by atoms with Crippen molar-refractivity contribution in [2.24, 2.45) is 0 Å². The van der Waals surface area contributed by atoms with Gasteiger partial charge in [0.15, 0.2) is 0 Å². The summed E-state index contributed by atoms with van der Waals surface area (Å²) in [5.41, 5.74) is -0.717. The fourth-order valence-electron chi connectivity index (χ4n) is 2.91. The van der Waals surface area contributed by atoms with Crippen LogP contribution in [-0.2, 0) is 0 Å². The van der Waals surface area contributed by atoms with E-state index in [2.05, 4.69) is 23.8 Å². The number of nitrogens with one attached hydrogen (secondary N) is 2. The van der Waals surface area contributed by atoms with Gasteiger partial charge in [-0.15, -0.1) is 13.2 Å². The maximum absolute atomic E-state index is 12.7. The molecule has 0 fully saturated rings. The first kappa shape index (κ1) is 22.1. The zero-order chi connectivity index (χ0) is 22.3. The zero-order valence-electron chi connectivity index (χ0n) is 16.0. The van der Waals surface area contributed by atoms with Crippen LogP contribution in [0.1, 0.15) is 41.4 Å². The number of carboxylic acids is 2. The molecule has 4 N–H and O–H groups in total. The third kappa shape index (κ3) is 4.61. The number of amides is 2. The summed E-state index contributed by atoms with van der Waals surface area (Å²) in [5, 5.41) is 24.2. The Morgan fingerprint density at radius 2 is 1.10 bits per heavy atom. The Morgan fingerprint density at radius 3 is 1.40 bits per heavy atom. The summed E-state index contributed by atoms with van der Waals surface area (Å²) in [4.78, 5) is 49.0. The van der Waals surface area contributed by atoms with Gasteiger partial charge in [-0.1, -0.05) is 36.4 Å². The highest BCUT2D eigenvalue weighted by molar-refractivity contribution is 6.14. The summed E-state index contributed by atoms with van der Waals surface area (Å²) in [7, 11) is 0. The molecule has 8 nitrogen and oxygen atoms in total. The Hall–Kier alpha value is -4.20. The third-order valence-corrected chi connectivity index (χ3v) is 4.15. The van der Waals surface area contributed by atoms with Crippen LogP contribution in [0.25, 0.3) is 11.1 Å². The van der Waals surface area contributed by atoms with Crippen molar-refractivity contribution >= 4 is 23.8 Å². The molecule has 0 saturated heterocycles. The van der Waals surface area contributed by atoms with Crippen molar-refractivity contribution in [1.82, 2.24) is 10.6 Å². The van der Waals surface area contributed by atoms with Gasteiger partial charge in [0.25, 0.3) is 11.8 Å². The van der Waals surface area contributed by atoms with Crippen molar-refractivity contribution in [2.45, 2.75) is 0 Å². The lowest BCUT2D eigenvalue weighted by molar-refractivity contribution is 0.0682. The average Bonchev–Trinajstić information content (AvgIpc) is 2.74. The van der Waals surface area contributed by atoms with Gasteiger partial charge in [0.05, 0.1) is 22.3 Å². The highest BCUT2D eigenvalue weighted by atomic mass is 16.4. The lowest BCUT2D eigenvalue weighted by atomic mass is 9.89. The molecule has 2 rings (SSSR count). The molecule has 30 heavy (non-hydrogen) atoms. The Balaban J connectivity index is 2.83. The number of hydrogen-bond donors (Lipinski definition) is 4. The molecule has 0 bridgehead atoms. The minimum Gasteiger partial charge on any atom is -0.478 e. The minimum atomic E-state index is -1.34. The van der Waals surface area contributed by atoms with E-state index in [9.17, 15) is 29.4 Å². The molecule has 0 radical (unpaired) electrons. The van der Waals surface area contributed by atoms with E-state index in [0.717, 1.165) is 0 Å². The molecule has 0 aliphatic carbocycles. The average molecular weight is 408 g/mol. The molecular formula is C22H20N2O6. The smallest absolute Gasteiger partial charge is 0.336 e. The van der Waals surface area contributed by atoms with Crippen LogP contribution in [0.5, 0.6) is 0 Å². The number of carbonyl (C=O) groups excluding carboxylic acids is 2. The first-order valence-electron chi connectivity index (χ1n) is 8.84. The van der Waals surface area contributed by atoms with Crippen LogP contribution in [0.15, 0.2) is 61.7 Å². The molecule has 2 amide bonds. The number of aromatic carboxylic acids is 2. The molecule has 8 heteroatoms. The van der Waals surface area contributed by atoms with E-state index < -0.39 is 23.8 Å². The topological polar surface area (TPSA) is 133 Å². The Labute approximate surface area is 172 Å². The summed E-state index contributed by atoms with van der Waals surface area (Å²) in [5.74, 6) is -4.07. The lowest BCUT2D eigenvalue weighted by Gasteiger charge is -2.17. The summed E-state index contributed by atoms with van der Waals surface area (Å²) in [6, 6.07) is 8.27. The highest BCUT2D eigenvalue weighted by Crippen LogP contribution is 2.31. The first-order valence-corrected chi connectivity index (χ1v) is 8.84. The molecular weight excluding hydrogens is 388 g/mol. The summed E-state index contributed by atoms with van der Waals surface area (Å²) in [6.45, 7) is 7.19. The second-order valence-corrected chi connectivity index (χ2v) is 6.06. The normalized spacial score (nSPS) is 10.0. The van der Waals surface area contributed by atoms with Crippen LogP contribution < -0.4 is 10.6 Å². The predicted molar refractivity (Wildman–Crippen MR) is 111 cm³/mol. The number of rotatable bonds is 9. The maximum Gasteiger partial charge on any atom is 0.336 e.